The van der Waals surface area contributed by atoms with Crippen LogP contribution in [0.5, 0.6) is 5.75 Å². The maximum Gasteiger partial charge on any atom is 0.328 e. The number of benzene rings is 1. The summed E-state index contributed by atoms with van der Waals surface area (Å²) in [6.45, 7) is 2.32. The Labute approximate surface area is 124 Å². The molecule has 0 aromatic heterocycles. The first-order valence-electron chi connectivity index (χ1n) is 6.96. The number of carboxylic acid groups (broad SMARTS) is 1. The van der Waals surface area contributed by atoms with E-state index in [2.05, 4.69) is 11.9 Å². The number of methoxy groups -OCH3 is 1. The molecule has 0 aliphatic carbocycles. The van der Waals surface area contributed by atoms with Crippen molar-refractivity contribution in [1.82, 2.24) is 4.90 Å². The Hall–Kier alpha value is -1.85. The molecular formula is C16H21NO4. The minimum Gasteiger partial charge on any atom is -0.496 e. The van der Waals surface area contributed by atoms with Gasteiger partial charge < -0.3 is 14.6 Å². The molecule has 1 saturated heterocycles. The van der Waals surface area contributed by atoms with E-state index in [1.807, 2.05) is 18.2 Å². The first-order chi connectivity index (χ1) is 10.1. The molecule has 1 aromatic carbocycles. The van der Waals surface area contributed by atoms with Gasteiger partial charge in [-0.1, -0.05) is 6.07 Å². The van der Waals surface area contributed by atoms with Crippen LogP contribution < -0.4 is 4.74 Å². The summed E-state index contributed by atoms with van der Waals surface area (Å²) >= 11 is 0. The van der Waals surface area contributed by atoms with Crippen LogP contribution in [0.4, 0.5) is 0 Å². The zero-order valence-electron chi connectivity index (χ0n) is 12.4. The third kappa shape index (κ3) is 4.31. The van der Waals surface area contributed by atoms with Gasteiger partial charge in [0.05, 0.1) is 13.7 Å². The molecule has 1 unspecified atom stereocenters. The molecule has 1 fully saturated rings. The van der Waals surface area contributed by atoms with E-state index < -0.39 is 5.97 Å². The van der Waals surface area contributed by atoms with E-state index in [1.165, 1.54) is 0 Å². The second-order valence-electron chi connectivity index (χ2n) is 5.18. The number of carbonyl (C=O) groups is 1. The van der Waals surface area contributed by atoms with Crippen LogP contribution in [0, 0.1) is 0 Å². The second kappa shape index (κ2) is 7.24. The number of rotatable bonds is 6. The zero-order valence-corrected chi connectivity index (χ0v) is 12.4. The number of carboxylic acids is 1. The lowest BCUT2D eigenvalue weighted by Gasteiger charge is -2.24. The normalized spacial score (nSPS) is 18.5. The van der Waals surface area contributed by atoms with E-state index in [9.17, 15) is 4.79 Å². The van der Waals surface area contributed by atoms with Crippen molar-refractivity contribution in [1.29, 1.82) is 0 Å². The number of ether oxygens (including phenoxy) is 2. The van der Waals surface area contributed by atoms with Crippen LogP contribution in [0.2, 0.25) is 0 Å². The highest BCUT2D eigenvalue weighted by Gasteiger charge is 2.21. The van der Waals surface area contributed by atoms with Gasteiger partial charge in [0.1, 0.15) is 5.75 Å². The summed E-state index contributed by atoms with van der Waals surface area (Å²) in [7, 11) is 3.71. The Kier molecular flexibility index (Phi) is 5.36. The topological polar surface area (TPSA) is 59.0 Å². The predicted octanol–water partition coefficient (Wildman–Crippen LogP) is 2.01. The van der Waals surface area contributed by atoms with Crippen LogP contribution >= 0.6 is 0 Å². The van der Waals surface area contributed by atoms with Crippen molar-refractivity contribution in [2.75, 3.05) is 27.4 Å². The number of aliphatic carboxylic acids is 1. The molecule has 2 rings (SSSR count). The lowest BCUT2D eigenvalue weighted by molar-refractivity contribution is -0.131. The molecule has 21 heavy (non-hydrogen) atoms. The summed E-state index contributed by atoms with van der Waals surface area (Å²) in [4.78, 5) is 12.8. The summed E-state index contributed by atoms with van der Waals surface area (Å²) in [5.74, 6) is -0.138. The maximum absolute atomic E-state index is 10.6. The zero-order chi connectivity index (χ0) is 15.2. The van der Waals surface area contributed by atoms with Crippen molar-refractivity contribution in [2.24, 2.45) is 0 Å². The summed E-state index contributed by atoms with van der Waals surface area (Å²) in [5.41, 5.74) is 1.89. The highest BCUT2D eigenvalue weighted by molar-refractivity contribution is 5.85. The molecule has 0 radical (unpaired) electrons. The fourth-order valence-electron chi connectivity index (χ4n) is 2.46. The molecule has 0 spiro atoms. The Balaban J connectivity index is 2.15. The molecule has 0 bridgehead atoms. The monoisotopic (exact) mass is 291 g/mol. The van der Waals surface area contributed by atoms with Gasteiger partial charge >= 0.3 is 5.97 Å². The summed E-state index contributed by atoms with van der Waals surface area (Å²) in [6, 6.07) is 6.11. The average Bonchev–Trinajstić information content (AvgIpc) is 2.99. The highest BCUT2D eigenvalue weighted by atomic mass is 16.5. The molecule has 1 aliphatic rings. The van der Waals surface area contributed by atoms with Gasteiger partial charge in [0.2, 0.25) is 0 Å². The Morgan fingerprint density at radius 3 is 3.00 bits per heavy atom. The molecule has 1 heterocycles. The van der Waals surface area contributed by atoms with Gasteiger partial charge in [-0.2, -0.15) is 0 Å². The molecular weight excluding hydrogens is 270 g/mol. The first-order valence-corrected chi connectivity index (χ1v) is 6.96. The third-order valence-electron chi connectivity index (χ3n) is 3.67. The van der Waals surface area contributed by atoms with E-state index in [1.54, 1.807) is 13.2 Å². The number of hydrogen-bond donors (Lipinski definition) is 1. The van der Waals surface area contributed by atoms with E-state index in [4.69, 9.17) is 14.6 Å². The van der Waals surface area contributed by atoms with Crippen LogP contribution in [0.1, 0.15) is 17.5 Å². The number of hydrogen-bond acceptors (Lipinski definition) is 4. The predicted molar refractivity (Wildman–Crippen MR) is 80.4 cm³/mol. The second-order valence-corrected chi connectivity index (χ2v) is 5.18. The Morgan fingerprint density at radius 1 is 1.57 bits per heavy atom. The fraction of sp³-hybridized carbons (Fsp3) is 0.438. The number of nitrogens with zero attached hydrogens (tertiary/aromatic N) is 1. The van der Waals surface area contributed by atoms with Gasteiger partial charge in [-0.15, -0.1) is 0 Å². The minimum absolute atomic E-state index is 0.424. The highest BCUT2D eigenvalue weighted by Crippen LogP contribution is 2.24. The molecule has 1 aliphatic heterocycles. The Bertz CT molecular complexity index is 521. The van der Waals surface area contributed by atoms with E-state index in [0.29, 0.717) is 6.04 Å². The van der Waals surface area contributed by atoms with Crippen molar-refractivity contribution in [3.8, 4) is 5.75 Å². The summed E-state index contributed by atoms with van der Waals surface area (Å²) in [5, 5.41) is 8.70. The molecule has 1 N–H and O–H groups in total. The van der Waals surface area contributed by atoms with Crippen LogP contribution in [0.3, 0.4) is 0 Å². The lowest BCUT2D eigenvalue weighted by Crippen LogP contribution is -2.31. The standard InChI is InChI=1S/C16H21NO4/c1-17(14-7-8-21-11-14)10-13-9-12(4-6-16(18)19)3-5-15(13)20-2/h3-6,9,14H,7-8,10-11H2,1-2H3,(H,18,19)/b6-4+. The SMILES string of the molecule is COc1ccc(/C=C/C(=O)O)cc1CN(C)C1CCOC1. The van der Waals surface area contributed by atoms with Gasteiger partial charge in [-0.25, -0.2) is 4.79 Å². The van der Waals surface area contributed by atoms with Gasteiger partial charge in [-0.05, 0) is 37.2 Å². The van der Waals surface area contributed by atoms with Gasteiger partial charge in [0.25, 0.3) is 0 Å². The van der Waals surface area contributed by atoms with Gasteiger partial charge in [0, 0.05) is 30.8 Å². The van der Waals surface area contributed by atoms with Crippen LogP contribution in [0.15, 0.2) is 24.3 Å². The fourth-order valence-corrected chi connectivity index (χ4v) is 2.46. The molecule has 1 atom stereocenters. The lowest BCUT2D eigenvalue weighted by atomic mass is 10.1. The van der Waals surface area contributed by atoms with Crippen LogP contribution in [0.25, 0.3) is 6.08 Å². The minimum atomic E-state index is -0.951. The molecule has 0 saturated carbocycles. The summed E-state index contributed by atoms with van der Waals surface area (Å²) < 4.78 is 10.8. The average molecular weight is 291 g/mol. The van der Waals surface area contributed by atoms with Gasteiger partial charge in [-0.3, -0.25) is 4.90 Å². The van der Waals surface area contributed by atoms with Crippen molar-refractivity contribution in [3.63, 3.8) is 0 Å². The van der Waals surface area contributed by atoms with Crippen molar-refractivity contribution < 1.29 is 19.4 Å². The quantitative estimate of drug-likeness (QED) is 0.813. The van der Waals surface area contributed by atoms with Crippen molar-refractivity contribution in [2.45, 2.75) is 19.0 Å². The van der Waals surface area contributed by atoms with Crippen LogP contribution in [-0.4, -0.2) is 49.4 Å². The van der Waals surface area contributed by atoms with Gasteiger partial charge in [0.15, 0.2) is 0 Å². The number of likely N-dealkylation sites (N-methyl/N-ethyl adjacent to an activating group) is 1. The van der Waals surface area contributed by atoms with Crippen molar-refractivity contribution in [3.05, 3.63) is 35.4 Å². The third-order valence-corrected chi connectivity index (χ3v) is 3.67. The van der Waals surface area contributed by atoms with Crippen molar-refractivity contribution >= 4 is 12.0 Å². The molecule has 5 heteroatoms. The largest absolute Gasteiger partial charge is 0.496 e. The van der Waals surface area contributed by atoms with E-state index in [-0.39, 0.29) is 0 Å². The summed E-state index contributed by atoms with van der Waals surface area (Å²) in [6.07, 6.45) is 3.77. The van der Waals surface area contributed by atoms with E-state index >= 15 is 0 Å². The Morgan fingerprint density at radius 2 is 2.38 bits per heavy atom. The van der Waals surface area contributed by atoms with Crippen LogP contribution in [-0.2, 0) is 16.1 Å². The van der Waals surface area contributed by atoms with E-state index in [0.717, 1.165) is 49.1 Å². The first kappa shape index (κ1) is 15.5. The molecule has 1 aromatic rings. The molecule has 0 amide bonds. The smallest absolute Gasteiger partial charge is 0.328 e. The molecule has 5 nitrogen and oxygen atoms in total. The maximum atomic E-state index is 10.6. The molecule has 114 valence electrons.